The molecule has 5 nitrogen and oxygen atoms in total. The average molecular weight is 307 g/mol. The quantitative estimate of drug-likeness (QED) is 0.773. The summed E-state index contributed by atoms with van der Waals surface area (Å²) in [5.74, 6) is -3.36. The van der Waals surface area contributed by atoms with Gasteiger partial charge in [0.15, 0.2) is 0 Å². The maximum atomic E-state index is 13.4. The molecule has 3 atom stereocenters. The molecule has 0 bridgehead atoms. The minimum Gasteiger partial charge on any atom is -0.481 e. The van der Waals surface area contributed by atoms with E-state index in [-0.39, 0.29) is 18.2 Å². The lowest BCUT2D eigenvalue weighted by Crippen LogP contribution is -2.36. The van der Waals surface area contributed by atoms with Crippen LogP contribution in [-0.4, -0.2) is 34.7 Å². The van der Waals surface area contributed by atoms with Crippen molar-refractivity contribution in [3.05, 3.63) is 41.7 Å². The molecule has 1 saturated heterocycles. The van der Waals surface area contributed by atoms with Crippen molar-refractivity contribution < 1.29 is 24.2 Å². The van der Waals surface area contributed by atoms with Crippen molar-refractivity contribution in [3.63, 3.8) is 0 Å². The summed E-state index contributed by atoms with van der Waals surface area (Å²) >= 11 is 0. The van der Waals surface area contributed by atoms with Crippen LogP contribution >= 0.6 is 0 Å². The van der Waals surface area contributed by atoms with E-state index in [0.717, 1.165) is 0 Å². The second-order valence-corrected chi connectivity index (χ2v) is 5.58. The first-order valence-corrected chi connectivity index (χ1v) is 6.94. The van der Waals surface area contributed by atoms with Gasteiger partial charge >= 0.3 is 11.9 Å². The van der Waals surface area contributed by atoms with Crippen molar-refractivity contribution in [2.24, 2.45) is 11.8 Å². The molecule has 3 N–H and O–H groups in total. The van der Waals surface area contributed by atoms with Gasteiger partial charge in [0.25, 0.3) is 0 Å². The maximum absolute atomic E-state index is 13.4. The topological polar surface area (TPSA) is 86.6 Å². The molecule has 2 rings (SSSR count). The summed E-state index contributed by atoms with van der Waals surface area (Å²) in [7, 11) is 0. The Kier molecular flexibility index (Phi) is 4.61. The number of aliphatic carboxylic acids is 2. The third-order valence-electron chi connectivity index (χ3n) is 4.16. The van der Waals surface area contributed by atoms with Gasteiger partial charge in [-0.15, -0.1) is 0 Å². The van der Waals surface area contributed by atoms with Crippen molar-refractivity contribution in [3.8, 4) is 0 Å². The first-order chi connectivity index (χ1) is 10.3. The lowest BCUT2D eigenvalue weighted by atomic mass is 9.80. The molecule has 0 spiro atoms. The summed E-state index contributed by atoms with van der Waals surface area (Å²) in [6.45, 7) is 5.95. The summed E-state index contributed by atoms with van der Waals surface area (Å²) in [6, 6.07) is 3.64. The second kappa shape index (κ2) is 6.27. The molecular weight excluding hydrogens is 289 g/mol. The standard InChI is InChI=1S/C16H18FNO4/c1-8-5-10(3-4-13(8)17)9(2)12-7-18-15(16(21)22)11(12)6-14(19)20/h3-5,11-12,15,18H,2,6-7H2,1H3,(H,19,20)(H,21,22)/t11-,12+,15-/m1/s1. The van der Waals surface area contributed by atoms with E-state index in [2.05, 4.69) is 11.9 Å². The van der Waals surface area contributed by atoms with Crippen LogP contribution < -0.4 is 5.32 Å². The Bertz CT molecular complexity index is 629. The van der Waals surface area contributed by atoms with Gasteiger partial charge in [-0.25, -0.2) is 4.39 Å². The van der Waals surface area contributed by atoms with Crippen LogP contribution in [0.25, 0.3) is 5.57 Å². The third kappa shape index (κ3) is 3.17. The van der Waals surface area contributed by atoms with Crippen LogP contribution in [0.4, 0.5) is 4.39 Å². The molecule has 1 aromatic carbocycles. The molecule has 0 unspecified atom stereocenters. The van der Waals surface area contributed by atoms with E-state index in [1.807, 2.05) is 0 Å². The van der Waals surface area contributed by atoms with Crippen LogP contribution in [0.3, 0.4) is 0 Å². The van der Waals surface area contributed by atoms with Crippen LogP contribution in [0.15, 0.2) is 24.8 Å². The fraction of sp³-hybridized carbons (Fsp3) is 0.375. The highest BCUT2D eigenvalue weighted by Gasteiger charge is 2.42. The lowest BCUT2D eigenvalue weighted by Gasteiger charge is -2.22. The normalized spacial score (nSPS) is 24.2. The van der Waals surface area contributed by atoms with E-state index in [0.29, 0.717) is 23.2 Å². The largest absolute Gasteiger partial charge is 0.481 e. The maximum Gasteiger partial charge on any atom is 0.321 e. The first kappa shape index (κ1) is 16.2. The van der Waals surface area contributed by atoms with Crippen molar-refractivity contribution >= 4 is 17.5 Å². The zero-order valence-corrected chi connectivity index (χ0v) is 12.2. The molecule has 1 fully saturated rings. The van der Waals surface area contributed by atoms with Crippen molar-refractivity contribution in [2.75, 3.05) is 6.54 Å². The zero-order chi connectivity index (χ0) is 16.4. The van der Waals surface area contributed by atoms with Crippen molar-refractivity contribution in [1.82, 2.24) is 5.32 Å². The fourth-order valence-electron chi connectivity index (χ4n) is 2.96. The van der Waals surface area contributed by atoms with Gasteiger partial charge < -0.3 is 15.5 Å². The molecular formula is C16H18FNO4. The van der Waals surface area contributed by atoms with Crippen LogP contribution in [0.1, 0.15) is 17.5 Å². The Morgan fingerprint density at radius 2 is 2.09 bits per heavy atom. The molecule has 0 amide bonds. The number of halogens is 1. The minimum absolute atomic E-state index is 0.256. The van der Waals surface area contributed by atoms with Gasteiger partial charge in [0.1, 0.15) is 11.9 Å². The number of carbonyl (C=O) groups is 2. The first-order valence-electron chi connectivity index (χ1n) is 6.94. The number of rotatable bonds is 5. The molecule has 0 radical (unpaired) electrons. The fourth-order valence-corrected chi connectivity index (χ4v) is 2.96. The summed E-state index contributed by atoms with van der Waals surface area (Å²) in [5.41, 5.74) is 1.80. The third-order valence-corrected chi connectivity index (χ3v) is 4.16. The molecule has 0 aromatic heterocycles. The van der Waals surface area contributed by atoms with Crippen molar-refractivity contribution in [2.45, 2.75) is 19.4 Å². The van der Waals surface area contributed by atoms with E-state index in [9.17, 15) is 19.1 Å². The highest BCUT2D eigenvalue weighted by Crippen LogP contribution is 2.36. The van der Waals surface area contributed by atoms with Gasteiger partial charge in [-0.05, 0) is 35.8 Å². The van der Waals surface area contributed by atoms with Crippen LogP contribution in [0.2, 0.25) is 0 Å². The molecule has 0 aliphatic carbocycles. The van der Waals surface area contributed by atoms with Crippen molar-refractivity contribution in [1.29, 1.82) is 0 Å². The summed E-state index contributed by atoms with van der Waals surface area (Å²) in [6.07, 6.45) is -0.256. The van der Waals surface area contributed by atoms with Gasteiger partial charge in [-0.3, -0.25) is 9.59 Å². The number of nitrogens with one attached hydrogen (secondary N) is 1. The Balaban J connectivity index is 2.28. The Morgan fingerprint density at radius 1 is 1.41 bits per heavy atom. The average Bonchev–Trinajstić information content (AvgIpc) is 2.84. The number of aryl methyl sites for hydroxylation is 1. The van der Waals surface area contributed by atoms with Crippen LogP contribution in [-0.2, 0) is 9.59 Å². The Morgan fingerprint density at radius 3 is 2.64 bits per heavy atom. The zero-order valence-electron chi connectivity index (χ0n) is 12.2. The van der Waals surface area contributed by atoms with Crippen LogP contribution in [0, 0.1) is 24.6 Å². The molecule has 22 heavy (non-hydrogen) atoms. The predicted molar refractivity (Wildman–Crippen MR) is 78.8 cm³/mol. The highest BCUT2D eigenvalue weighted by atomic mass is 19.1. The molecule has 1 aliphatic heterocycles. The SMILES string of the molecule is C=C(c1ccc(F)c(C)c1)[C@@H]1CN[C@@H](C(=O)O)[C@@H]1CC(=O)O. The number of carboxylic acids is 2. The molecule has 118 valence electrons. The number of hydrogen-bond donors (Lipinski definition) is 3. The smallest absolute Gasteiger partial charge is 0.321 e. The molecule has 0 saturated carbocycles. The Labute approximate surface area is 127 Å². The Hall–Kier alpha value is -2.21. The summed E-state index contributed by atoms with van der Waals surface area (Å²) < 4.78 is 13.4. The molecule has 1 aliphatic rings. The highest BCUT2D eigenvalue weighted by molar-refractivity contribution is 5.78. The van der Waals surface area contributed by atoms with Gasteiger partial charge in [0, 0.05) is 18.4 Å². The minimum atomic E-state index is -1.07. The van der Waals surface area contributed by atoms with Gasteiger partial charge in [0.2, 0.25) is 0 Å². The van der Waals surface area contributed by atoms with Gasteiger partial charge in [-0.1, -0.05) is 12.6 Å². The predicted octanol–water partition coefficient (Wildman–Crippen LogP) is 1.91. The van der Waals surface area contributed by atoms with Gasteiger partial charge in [0.05, 0.1) is 6.42 Å². The molecule has 6 heteroatoms. The second-order valence-electron chi connectivity index (χ2n) is 5.58. The summed E-state index contributed by atoms with van der Waals surface area (Å²) in [4.78, 5) is 22.3. The van der Waals surface area contributed by atoms with E-state index in [1.165, 1.54) is 6.07 Å². The van der Waals surface area contributed by atoms with Gasteiger partial charge in [-0.2, -0.15) is 0 Å². The number of hydrogen-bond acceptors (Lipinski definition) is 3. The lowest BCUT2D eigenvalue weighted by molar-refractivity contribution is -0.142. The monoisotopic (exact) mass is 307 g/mol. The number of benzene rings is 1. The van der Waals surface area contributed by atoms with E-state index < -0.39 is 23.9 Å². The molecule has 1 heterocycles. The number of carboxylic acid groups (broad SMARTS) is 2. The van der Waals surface area contributed by atoms with E-state index in [1.54, 1.807) is 19.1 Å². The van der Waals surface area contributed by atoms with E-state index >= 15 is 0 Å². The van der Waals surface area contributed by atoms with E-state index in [4.69, 9.17) is 5.11 Å². The van der Waals surface area contributed by atoms with Crippen LogP contribution in [0.5, 0.6) is 0 Å². The molecule has 1 aromatic rings. The summed E-state index contributed by atoms with van der Waals surface area (Å²) in [5, 5.41) is 21.1.